The summed E-state index contributed by atoms with van der Waals surface area (Å²) in [6.45, 7) is 2.69. The number of fused-ring (bicyclic) bond motifs is 1. The predicted octanol–water partition coefficient (Wildman–Crippen LogP) is 3.82. The van der Waals surface area contributed by atoms with Crippen LogP contribution in [-0.2, 0) is 6.54 Å². The van der Waals surface area contributed by atoms with Crippen LogP contribution >= 0.6 is 23.2 Å². The van der Waals surface area contributed by atoms with Gasteiger partial charge in [-0.3, -0.25) is 4.68 Å². The molecule has 25 heavy (non-hydrogen) atoms. The van der Waals surface area contributed by atoms with Crippen LogP contribution < -0.4 is 4.85 Å². The monoisotopic (exact) mass is 373 g/mol. The van der Waals surface area contributed by atoms with Crippen molar-refractivity contribution in [2.75, 3.05) is 0 Å². The quantitative estimate of drug-likeness (QED) is 0.405. The summed E-state index contributed by atoms with van der Waals surface area (Å²) in [7, 11) is 0. The molecule has 1 aromatic carbocycles. The van der Waals surface area contributed by atoms with Gasteiger partial charge < -0.3 is 5.21 Å². The molecule has 0 N–H and O–H groups in total. The lowest BCUT2D eigenvalue weighted by molar-refractivity contribution is -0.676. The van der Waals surface area contributed by atoms with Gasteiger partial charge in [0.1, 0.15) is 5.56 Å². The van der Waals surface area contributed by atoms with Crippen molar-refractivity contribution in [1.29, 1.82) is 0 Å². The minimum atomic E-state index is 0.458. The Morgan fingerprint density at radius 2 is 2.00 bits per heavy atom. The van der Waals surface area contributed by atoms with Crippen LogP contribution in [0.25, 0.3) is 28.2 Å². The largest absolute Gasteiger partial charge is 0.596 e. The van der Waals surface area contributed by atoms with Crippen molar-refractivity contribution in [1.82, 2.24) is 19.3 Å². The van der Waals surface area contributed by atoms with Gasteiger partial charge in [-0.25, -0.2) is 4.98 Å². The Bertz CT molecular complexity index is 1090. The molecule has 0 amide bonds. The van der Waals surface area contributed by atoms with Gasteiger partial charge in [0.2, 0.25) is 11.8 Å². The summed E-state index contributed by atoms with van der Waals surface area (Å²) < 4.78 is 3.27. The van der Waals surface area contributed by atoms with Gasteiger partial charge in [-0.05, 0) is 31.2 Å². The molecule has 0 aliphatic rings. The molecule has 0 unspecified atom stereocenters. The molecule has 0 radical (unpaired) electrons. The van der Waals surface area contributed by atoms with E-state index in [0.717, 1.165) is 21.7 Å². The van der Waals surface area contributed by atoms with Crippen LogP contribution in [0.3, 0.4) is 0 Å². The summed E-state index contributed by atoms with van der Waals surface area (Å²) in [4.78, 5) is 5.42. The molecule has 0 fully saturated rings. The van der Waals surface area contributed by atoms with Crippen molar-refractivity contribution in [2.24, 2.45) is 0 Å². The smallest absolute Gasteiger partial charge is 0.221 e. The highest BCUT2D eigenvalue weighted by Crippen LogP contribution is 2.29. The summed E-state index contributed by atoms with van der Waals surface area (Å²) in [5, 5.41) is 17.4. The first-order chi connectivity index (χ1) is 12.1. The molecule has 0 aliphatic heterocycles. The fourth-order valence-electron chi connectivity index (χ4n) is 2.80. The van der Waals surface area contributed by atoms with E-state index in [4.69, 9.17) is 23.2 Å². The van der Waals surface area contributed by atoms with Crippen LogP contribution in [0.15, 0.2) is 48.9 Å². The number of halogens is 2. The molecule has 3 aromatic heterocycles. The summed E-state index contributed by atoms with van der Waals surface area (Å²) in [5.41, 5.74) is 3.64. The number of rotatable bonds is 3. The molecule has 8 heteroatoms. The molecule has 0 bridgehead atoms. The molecule has 3 heterocycles. The van der Waals surface area contributed by atoms with Crippen LogP contribution in [0.5, 0.6) is 0 Å². The average Bonchev–Trinajstić information content (AvgIpc) is 3.21. The van der Waals surface area contributed by atoms with Gasteiger partial charge in [0.05, 0.1) is 27.6 Å². The van der Waals surface area contributed by atoms with E-state index < -0.39 is 0 Å². The van der Waals surface area contributed by atoms with Crippen LogP contribution in [-0.4, -0.2) is 19.3 Å². The molecule has 0 atom stereocenters. The van der Waals surface area contributed by atoms with Crippen molar-refractivity contribution < 1.29 is 4.85 Å². The number of hydrogen-bond donors (Lipinski definition) is 0. The van der Waals surface area contributed by atoms with Gasteiger partial charge >= 0.3 is 0 Å². The Hall–Kier alpha value is -2.57. The topological polar surface area (TPSA) is 62.1 Å². The minimum absolute atomic E-state index is 0.458. The van der Waals surface area contributed by atoms with E-state index in [1.807, 2.05) is 23.7 Å². The van der Waals surface area contributed by atoms with E-state index in [0.29, 0.717) is 27.9 Å². The summed E-state index contributed by atoms with van der Waals surface area (Å²) >= 11 is 12.1. The molecule has 0 aliphatic carbocycles. The molecule has 6 nitrogen and oxygen atoms in total. The van der Waals surface area contributed by atoms with Crippen molar-refractivity contribution in [2.45, 2.75) is 13.5 Å². The molecule has 0 saturated heterocycles. The number of aromatic nitrogens is 5. The zero-order chi connectivity index (χ0) is 17.6. The molecule has 126 valence electrons. The molecular weight excluding hydrogens is 361 g/mol. The second-order valence-electron chi connectivity index (χ2n) is 5.49. The van der Waals surface area contributed by atoms with Gasteiger partial charge in [0.25, 0.3) is 0 Å². The summed E-state index contributed by atoms with van der Waals surface area (Å²) in [6.07, 6.45) is 4.90. The van der Waals surface area contributed by atoms with Gasteiger partial charge in [-0.1, -0.05) is 38.6 Å². The van der Waals surface area contributed by atoms with Gasteiger partial charge in [-0.2, -0.15) is 5.10 Å². The lowest BCUT2D eigenvalue weighted by Gasteiger charge is -2.04. The maximum Gasteiger partial charge on any atom is 0.221 e. The first-order valence-electron chi connectivity index (χ1n) is 7.67. The Balaban J connectivity index is 1.93. The highest BCUT2D eigenvalue weighted by atomic mass is 35.5. The van der Waals surface area contributed by atoms with E-state index in [2.05, 4.69) is 10.1 Å². The lowest BCUT2D eigenvalue weighted by atomic mass is 10.1. The number of benzene rings is 1. The van der Waals surface area contributed by atoms with E-state index in [1.54, 1.807) is 30.6 Å². The van der Waals surface area contributed by atoms with Crippen LogP contribution in [0.2, 0.25) is 10.0 Å². The fraction of sp³-hybridized carbons (Fsp3) is 0.118. The van der Waals surface area contributed by atoms with E-state index >= 15 is 0 Å². The van der Waals surface area contributed by atoms with Crippen molar-refractivity contribution >= 4 is 28.8 Å². The van der Waals surface area contributed by atoms with Crippen LogP contribution in [0, 0.1) is 5.21 Å². The Kier molecular flexibility index (Phi) is 3.86. The van der Waals surface area contributed by atoms with Crippen molar-refractivity contribution in [3.63, 3.8) is 0 Å². The zero-order valence-electron chi connectivity index (χ0n) is 13.2. The summed E-state index contributed by atoms with van der Waals surface area (Å²) in [5.74, 6) is 0. The first-order valence-corrected chi connectivity index (χ1v) is 8.43. The third-order valence-electron chi connectivity index (χ3n) is 4.02. The second kappa shape index (κ2) is 6.06. The van der Waals surface area contributed by atoms with Gasteiger partial charge in [-0.15, -0.1) is 0 Å². The third-order valence-corrected chi connectivity index (χ3v) is 4.76. The van der Waals surface area contributed by atoms with Gasteiger partial charge in [0, 0.05) is 18.3 Å². The molecule has 4 rings (SSSR count). The van der Waals surface area contributed by atoms with Gasteiger partial charge in [0.15, 0.2) is 0 Å². The Morgan fingerprint density at radius 1 is 1.16 bits per heavy atom. The highest BCUT2D eigenvalue weighted by molar-refractivity contribution is 6.42. The SMILES string of the molecule is CCn1nccc1-c1c[n+]([O-])n2ccc(-c3ccc(Cl)c(Cl)c3)nc12. The Labute approximate surface area is 153 Å². The maximum absolute atomic E-state index is 12.2. The Morgan fingerprint density at radius 3 is 2.76 bits per heavy atom. The first kappa shape index (κ1) is 15.9. The highest BCUT2D eigenvalue weighted by Gasteiger charge is 2.19. The zero-order valence-corrected chi connectivity index (χ0v) is 14.7. The normalized spacial score (nSPS) is 11.3. The fourth-order valence-corrected chi connectivity index (χ4v) is 3.10. The van der Waals surface area contributed by atoms with E-state index in [9.17, 15) is 5.21 Å². The number of hydrogen-bond acceptors (Lipinski definition) is 3. The predicted molar refractivity (Wildman–Crippen MR) is 96.5 cm³/mol. The average molecular weight is 374 g/mol. The summed E-state index contributed by atoms with van der Waals surface area (Å²) in [6, 6.07) is 8.96. The van der Waals surface area contributed by atoms with E-state index in [1.165, 1.54) is 10.7 Å². The van der Waals surface area contributed by atoms with Crippen LogP contribution in [0.1, 0.15) is 6.92 Å². The molecule has 0 saturated carbocycles. The van der Waals surface area contributed by atoms with Crippen molar-refractivity contribution in [3.05, 3.63) is 64.2 Å². The minimum Gasteiger partial charge on any atom is -0.596 e. The standard InChI is InChI=1S/C17H13Cl2N5O/c1-2-22-16(5-7-20-22)12-10-24(25)23-8-6-15(21-17(12)23)11-3-4-13(18)14(19)9-11/h3-10H,2H2,1H3. The second-order valence-corrected chi connectivity index (χ2v) is 6.30. The molecular formula is C17H13Cl2N5O. The molecule has 4 aromatic rings. The maximum atomic E-state index is 12.2. The van der Waals surface area contributed by atoms with Crippen LogP contribution in [0.4, 0.5) is 0 Å². The van der Waals surface area contributed by atoms with E-state index in [-0.39, 0.29) is 0 Å². The third kappa shape index (κ3) is 2.63. The molecule has 0 spiro atoms. The number of nitrogens with zero attached hydrogens (tertiary/aromatic N) is 5. The van der Waals surface area contributed by atoms with Crippen molar-refractivity contribution in [3.8, 4) is 22.5 Å². The number of aryl methyl sites for hydroxylation is 1. The lowest BCUT2D eigenvalue weighted by Crippen LogP contribution is -2.31.